The van der Waals surface area contributed by atoms with Gasteiger partial charge in [0, 0.05) is 12.1 Å². The fourth-order valence-corrected chi connectivity index (χ4v) is 4.07. The van der Waals surface area contributed by atoms with E-state index in [2.05, 4.69) is 61.3 Å². The molecule has 0 unspecified atom stereocenters. The van der Waals surface area contributed by atoms with E-state index in [1.54, 1.807) is 11.8 Å². The van der Waals surface area contributed by atoms with Gasteiger partial charge in [-0.15, -0.1) is 11.8 Å². The van der Waals surface area contributed by atoms with Crippen molar-refractivity contribution < 1.29 is 0 Å². The monoisotopic (exact) mass is 496 g/mol. The molecule has 0 aliphatic carbocycles. The number of aromatic nitrogens is 4. The number of unbranched alkanes of at least 4 members (excludes halogenated alkanes) is 3. The first-order chi connectivity index (χ1) is 13.0. The second kappa shape index (κ2) is 11.3. The van der Waals surface area contributed by atoms with E-state index >= 15 is 0 Å². The van der Waals surface area contributed by atoms with E-state index in [1.807, 2.05) is 13.0 Å². The number of nitrogen functional groups attached to an aromatic ring is 2. The maximum Gasteiger partial charge on any atom is 0.221 e. The van der Waals surface area contributed by atoms with Gasteiger partial charge in [0.25, 0.3) is 0 Å². The number of nitrogens with zero attached hydrogens (tertiary/aromatic N) is 4. The molecule has 144 valence electrons. The van der Waals surface area contributed by atoms with Crippen LogP contribution in [0.5, 0.6) is 0 Å². The maximum absolute atomic E-state index is 5.80. The Hall–Kier alpha value is -1.60. The van der Waals surface area contributed by atoms with Crippen molar-refractivity contribution in [2.24, 2.45) is 0 Å². The molecule has 27 heavy (non-hydrogen) atoms. The molecule has 0 amide bonds. The zero-order valence-corrected chi connectivity index (χ0v) is 18.7. The number of halogens is 1. The van der Waals surface area contributed by atoms with Gasteiger partial charge in [-0.3, -0.25) is 0 Å². The maximum atomic E-state index is 5.80. The van der Waals surface area contributed by atoms with Crippen LogP contribution in [0.1, 0.15) is 56.1 Å². The van der Waals surface area contributed by atoms with Gasteiger partial charge in [0.15, 0.2) is 0 Å². The van der Waals surface area contributed by atoms with Gasteiger partial charge in [-0.2, -0.15) is 0 Å². The van der Waals surface area contributed by atoms with Crippen LogP contribution in [0.2, 0.25) is 0 Å². The number of aryl methyl sites for hydroxylation is 2. The predicted molar refractivity (Wildman–Crippen MR) is 120 cm³/mol. The molecule has 4 N–H and O–H groups in total. The highest BCUT2D eigenvalue weighted by molar-refractivity contribution is 14.1. The molecule has 0 spiro atoms. The normalized spacial score (nSPS) is 10.5. The Morgan fingerprint density at radius 3 is 2.63 bits per heavy atom. The summed E-state index contributed by atoms with van der Waals surface area (Å²) in [5, 5.41) is 0.972. The molecule has 2 aromatic rings. The van der Waals surface area contributed by atoms with Gasteiger partial charge in [0.05, 0.1) is 9.26 Å². The molecule has 8 heteroatoms. The lowest BCUT2D eigenvalue weighted by atomic mass is 10.1. The third-order valence-electron chi connectivity index (χ3n) is 3.71. The van der Waals surface area contributed by atoms with E-state index < -0.39 is 0 Å². The van der Waals surface area contributed by atoms with Crippen molar-refractivity contribution in [3.8, 4) is 11.8 Å². The minimum Gasteiger partial charge on any atom is -0.368 e. The Morgan fingerprint density at radius 1 is 1.07 bits per heavy atom. The van der Waals surface area contributed by atoms with Crippen LogP contribution in [0.15, 0.2) is 11.1 Å². The molecule has 0 fully saturated rings. The molecule has 0 saturated carbocycles. The first-order valence-corrected chi connectivity index (χ1v) is 11.1. The van der Waals surface area contributed by atoms with Crippen LogP contribution in [0, 0.1) is 22.3 Å². The molecule has 0 bridgehead atoms. The van der Waals surface area contributed by atoms with Crippen LogP contribution in [0.3, 0.4) is 0 Å². The van der Waals surface area contributed by atoms with E-state index in [0.29, 0.717) is 17.6 Å². The molecule has 0 aliphatic rings. The fraction of sp³-hybridized carbons (Fsp3) is 0.474. The van der Waals surface area contributed by atoms with Crippen molar-refractivity contribution >= 4 is 46.2 Å². The number of nitrogens with two attached hydrogens (primary N) is 2. The van der Waals surface area contributed by atoms with E-state index in [9.17, 15) is 0 Å². The smallest absolute Gasteiger partial charge is 0.221 e. The van der Waals surface area contributed by atoms with Crippen molar-refractivity contribution in [3.63, 3.8) is 0 Å². The molecule has 0 saturated heterocycles. The van der Waals surface area contributed by atoms with Crippen LogP contribution >= 0.6 is 34.4 Å². The van der Waals surface area contributed by atoms with Crippen molar-refractivity contribution in [3.05, 3.63) is 26.7 Å². The molecule has 2 aromatic heterocycles. The number of anilines is 2. The summed E-state index contributed by atoms with van der Waals surface area (Å²) in [6.45, 7) is 4.06. The Kier molecular flexibility index (Phi) is 9.07. The summed E-state index contributed by atoms with van der Waals surface area (Å²) in [6, 6.07) is 1.95. The molecule has 0 atom stereocenters. The van der Waals surface area contributed by atoms with Crippen molar-refractivity contribution in [2.45, 2.75) is 57.4 Å². The van der Waals surface area contributed by atoms with Gasteiger partial charge in [-0.05, 0) is 72.9 Å². The summed E-state index contributed by atoms with van der Waals surface area (Å²) in [7, 11) is 0. The molecule has 0 aromatic carbocycles. The minimum atomic E-state index is 0.301. The highest BCUT2D eigenvalue weighted by Gasteiger charge is 2.08. The molecule has 2 heterocycles. The largest absolute Gasteiger partial charge is 0.368 e. The number of hydrogen-bond acceptors (Lipinski definition) is 7. The number of thioether (sulfide) groups is 1. The molecular weight excluding hydrogens is 471 g/mol. The SMILES string of the molecule is CCCC#Cc1cc(CCCCCSc2nc(N)nc(C)c2I)nc(N)n1. The van der Waals surface area contributed by atoms with Gasteiger partial charge in [-0.1, -0.05) is 19.3 Å². The Morgan fingerprint density at radius 2 is 1.85 bits per heavy atom. The predicted octanol–water partition coefficient (Wildman–Crippen LogP) is 4.00. The van der Waals surface area contributed by atoms with Crippen molar-refractivity contribution in [2.75, 3.05) is 17.2 Å². The molecule has 2 rings (SSSR count). The third-order valence-corrected chi connectivity index (χ3v) is 6.43. The fourth-order valence-electron chi connectivity index (χ4n) is 2.39. The second-order valence-electron chi connectivity index (χ2n) is 6.10. The van der Waals surface area contributed by atoms with Gasteiger partial charge in [0.2, 0.25) is 11.9 Å². The number of rotatable bonds is 8. The first-order valence-electron chi connectivity index (χ1n) is 9.04. The average molecular weight is 496 g/mol. The number of hydrogen-bond donors (Lipinski definition) is 2. The summed E-state index contributed by atoms with van der Waals surface area (Å²) in [4.78, 5) is 17.0. The lowest BCUT2D eigenvalue weighted by molar-refractivity contribution is 0.710. The van der Waals surface area contributed by atoms with E-state index in [1.165, 1.54) is 0 Å². The summed E-state index contributed by atoms with van der Waals surface area (Å²) in [5.74, 6) is 7.81. The minimum absolute atomic E-state index is 0.301. The van der Waals surface area contributed by atoms with Crippen LogP contribution < -0.4 is 11.5 Å². The van der Waals surface area contributed by atoms with E-state index in [4.69, 9.17) is 11.5 Å². The summed E-state index contributed by atoms with van der Waals surface area (Å²) < 4.78 is 1.08. The van der Waals surface area contributed by atoms with Crippen molar-refractivity contribution in [1.82, 2.24) is 19.9 Å². The van der Waals surface area contributed by atoms with Crippen molar-refractivity contribution in [1.29, 1.82) is 0 Å². The summed E-state index contributed by atoms with van der Waals surface area (Å²) in [6.07, 6.45) is 6.07. The highest BCUT2D eigenvalue weighted by atomic mass is 127. The lowest BCUT2D eigenvalue weighted by Crippen LogP contribution is -2.02. The van der Waals surface area contributed by atoms with Gasteiger partial charge >= 0.3 is 0 Å². The van der Waals surface area contributed by atoms with Crippen LogP contribution in [0.4, 0.5) is 11.9 Å². The highest BCUT2D eigenvalue weighted by Crippen LogP contribution is 2.25. The third kappa shape index (κ3) is 7.50. The second-order valence-corrected chi connectivity index (χ2v) is 8.26. The molecule has 0 radical (unpaired) electrons. The zero-order valence-electron chi connectivity index (χ0n) is 15.8. The van der Waals surface area contributed by atoms with Gasteiger partial charge < -0.3 is 11.5 Å². The Labute approximate surface area is 178 Å². The average Bonchev–Trinajstić information content (AvgIpc) is 2.61. The zero-order chi connectivity index (χ0) is 19.6. The lowest BCUT2D eigenvalue weighted by Gasteiger charge is -2.07. The first kappa shape index (κ1) is 21.7. The molecule has 6 nitrogen and oxygen atoms in total. The topological polar surface area (TPSA) is 104 Å². The van der Waals surface area contributed by atoms with Gasteiger partial charge in [0.1, 0.15) is 10.7 Å². The standard InChI is InChI=1S/C19H25IN6S/c1-3-4-6-9-14-12-15(25-19(22)24-14)10-7-5-8-11-27-17-16(20)13(2)23-18(21)26-17/h12H,3-5,7-8,10-11H2,1-2H3,(H2,21,23,26)(H2,22,24,25). The Bertz CT molecular complexity index is 831. The van der Waals surface area contributed by atoms with E-state index in [0.717, 1.165) is 64.3 Å². The van der Waals surface area contributed by atoms with Crippen LogP contribution in [-0.2, 0) is 6.42 Å². The molecule has 0 aliphatic heterocycles. The van der Waals surface area contributed by atoms with Gasteiger partial charge in [-0.25, -0.2) is 19.9 Å². The Balaban J connectivity index is 1.77. The molecular formula is C19H25IN6S. The van der Waals surface area contributed by atoms with Crippen LogP contribution in [-0.4, -0.2) is 25.7 Å². The van der Waals surface area contributed by atoms with Crippen LogP contribution in [0.25, 0.3) is 0 Å². The summed E-state index contributed by atoms with van der Waals surface area (Å²) in [5.41, 5.74) is 14.2. The van der Waals surface area contributed by atoms with E-state index in [-0.39, 0.29) is 0 Å². The quantitative estimate of drug-likeness (QED) is 0.187. The summed E-state index contributed by atoms with van der Waals surface area (Å²) >= 11 is 4.01.